The zero-order chi connectivity index (χ0) is 12.2. The minimum atomic E-state index is -1.27. The summed E-state index contributed by atoms with van der Waals surface area (Å²) in [4.78, 5) is 11.0. The Balaban J connectivity index is 3.07. The number of hydrogen-bond acceptors (Lipinski definition) is 2. The first-order valence-corrected chi connectivity index (χ1v) is 22.3. The van der Waals surface area contributed by atoms with Crippen LogP contribution in [0.5, 0.6) is 0 Å². The summed E-state index contributed by atoms with van der Waals surface area (Å²) in [6, 6.07) is 0. The second kappa shape index (κ2) is 12.5. The van der Waals surface area contributed by atoms with Gasteiger partial charge >= 0.3 is 118 Å². The van der Waals surface area contributed by atoms with E-state index in [0.717, 1.165) is 12.8 Å². The second-order valence-electron chi connectivity index (χ2n) is 4.01. The summed E-state index contributed by atoms with van der Waals surface area (Å²) in [5.41, 5.74) is 0. The zero-order valence-electron chi connectivity index (χ0n) is 10.1. The van der Waals surface area contributed by atoms with Crippen molar-refractivity contribution in [1.82, 2.24) is 0 Å². The fourth-order valence-electron chi connectivity index (χ4n) is 1.58. The number of carbonyl (C=O) groups excluding carboxylic acids is 1. The van der Waals surface area contributed by atoms with Crippen LogP contribution in [0.2, 0.25) is 5.02 Å². The molecule has 93 valence electrons. The van der Waals surface area contributed by atoms with Crippen LogP contribution in [-0.4, -0.2) is 12.6 Å². The minimum absolute atomic E-state index is 0.0436. The van der Waals surface area contributed by atoms with Gasteiger partial charge in [-0.25, -0.2) is 0 Å². The molecule has 2 nitrogen and oxygen atoms in total. The molecule has 0 atom stereocenters. The third-order valence-corrected chi connectivity index (χ3v) is 10.5. The van der Waals surface area contributed by atoms with Gasteiger partial charge in [0.05, 0.1) is 0 Å². The van der Waals surface area contributed by atoms with Crippen LogP contribution < -0.4 is 0 Å². The zero-order valence-corrected chi connectivity index (χ0v) is 16.3. The molecular weight excluding hydrogens is 389 g/mol. The van der Waals surface area contributed by atoms with E-state index < -0.39 is 12.0 Å². The molecule has 0 radical (unpaired) electrons. The van der Waals surface area contributed by atoms with Crippen LogP contribution in [-0.2, 0) is 21.6 Å². The molecule has 0 bridgehead atoms. The first kappa shape index (κ1) is 17.1. The van der Waals surface area contributed by atoms with E-state index in [1.165, 1.54) is 30.7 Å². The quantitative estimate of drug-likeness (QED) is 0.290. The predicted octanol–water partition coefficient (Wildman–Crippen LogP) is 4.94. The number of ether oxygens (including phenoxy) is 1. The van der Waals surface area contributed by atoms with E-state index in [9.17, 15) is 4.79 Å². The topological polar surface area (TPSA) is 26.3 Å². The van der Waals surface area contributed by atoms with Gasteiger partial charge in [-0.05, 0) is 0 Å². The molecule has 0 rings (SSSR count). The average molecular weight is 410 g/mol. The molecule has 0 unspecified atom stereocenters. The Morgan fingerprint density at radius 3 is 2.19 bits per heavy atom. The number of halogens is 2. The van der Waals surface area contributed by atoms with Gasteiger partial charge in [0, 0.05) is 0 Å². The van der Waals surface area contributed by atoms with Crippen molar-refractivity contribution < 1.29 is 21.6 Å². The van der Waals surface area contributed by atoms with Gasteiger partial charge in [0.2, 0.25) is 0 Å². The van der Waals surface area contributed by atoms with Crippen LogP contribution in [0, 0.1) is 0 Å². The van der Waals surface area contributed by atoms with E-state index in [1.807, 2.05) is 6.92 Å². The molecule has 0 aromatic rings. The molecule has 0 fully saturated rings. The summed E-state index contributed by atoms with van der Waals surface area (Å²) in [5, 5.41) is 1.39. The summed E-state index contributed by atoms with van der Waals surface area (Å²) < 4.78 is 4.87. The van der Waals surface area contributed by atoms with Gasteiger partial charge in [-0.15, -0.1) is 0 Å². The number of hydrogen-bond donors (Lipinski definition) is 0. The van der Waals surface area contributed by atoms with Crippen LogP contribution in [0.25, 0.3) is 0 Å². The number of unbranched alkanes of at least 4 members (excludes halogenated alkanes) is 5. The van der Waals surface area contributed by atoms with Crippen molar-refractivity contribution >= 4 is 33.2 Å². The Labute approximate surface area is 118 Å². The summed E-state index contributed by atoms with van der Waals surface area (Å²) in [6.07, 6.45) is 7.99. The van der Waals surface area contributed by atoms with Gasteiger partial charge in [-0.1, -0.05) is 0 Å². The molecule has 5 heteroatoms. The van der Waals surface area contributed by atoms with Crippen LogP contribution in [0.15, 0.2) is 0 Å². The van der Waals surface area contributed by atoms with E-state index in [2.05, 4.69) is 27.2 Å². The molecule has 0 saturated heterocycles. The Hall–Kier alpha value is 1.05. The van der Waals surface area contributed by atoms with E-state index in [4.69, 9.17) is 4.74 Å². The van der Waals surface area contributed by atoms with Gasteiger partial charge in [0.1, 0.15) is 0 Å². The summed E-state index contributed by atoms with van der Waals surface area (Å²) in [6.45, 7) is 2.36. The number of esters is 1. The second-order valence-corrected chi connectivity index (χ2v) is 29.4. The van der Waals surface area contributed by atoms with Crippen LogP contribution in [0.3, 0.4) is 0 Å². The van der Waals surface area contributed by atoms with Crippen LogP contribution in [0.1, 0.15) is 51.9 Å². The van der Waals surface area contributed by atoms with Crippen molar-refractivity contribution in [3.8, 4) is 0 Å². The van der Waals surface area contributed by atoms with E-state index in [-0.39, 0.29) is 5.97 Å². The average Bonchev–Trinajstić information content (AvgIpc) is 2.22. The molecule has 0 N–H and O–H groups in total. The fraction of sp³-hybridized carbons (Fsp3) is 0.909. The van der Waals surface area contributed by atoms with Crippen molar-refractivity contribution in [1.29, 1.82) is 0 Å². The maximum atomic E-state index is 11.0. The van der Waals surface area contributed by atoms with Gasteiger partial charge in [0.15, 0.2) is 0 Å². The SMILES string of the molecule is CCOC(=O)CCCCCCC[CH2][Zn]([Br])[Br]. The monoisotopic (exact) mass is 407 g/mol. The third kappa shape index (κ3) is 13.1. The molecule has 0 aromatic heterocycles. The van der Waals surface area contributed by atoms with E-state index >= 15 is 0 Å². The first-order valence-electron chi connectivity index (χ1n) is 6.29. The van der Waals surface area contributed by atoms with Gasteiger partial charge in [-0.2, -0.15) is 0 Å². The Kier molecular flexibility index (Phi) is 13.3. The third-order valence-electron chi connectivity index (χ3n) is 2.45. The van der Waals surface area contributed by atoms with Crippen LogP contribution in [0.4, 0.5) is 0 Å². The van der Waals surface area contributed by atoms with Crippen molar-refractivity contribution in [2.24, 2.45) is 0 Å². The van der Waals surface area contributed by atoms with Crippen molar-refractivity contribution in [3.63, 3.8) is 0 Å². The molecule has 0 aromatic carbocycles. The summed E-state index contributed by atoms with van der Waals surface area (Å²) in [7, 11) is 0. The Morgan fingerprint density at radius 1 is 1.06 bits per heavy atom. The molecule has 0 aliphatic heterocycles. The fourth-order valence-corrected chi connectivity index (χ4v) is 7.23. The molecule has 0 amide bonds. The normalized spacial score (nSPS) is 10.2. The van der Waals surface area contributed by atoms with E-state index in [1.54, 1.807) is 0 Å². The standard InChI is InChI=1S/C11H21O2.2BrH.Zn/c1-3-5-6-7-8-9-10-11(12)13-4-2;;;/h1,3-10H2,2H3;2*1H;/q;;;+2/p-2. The van der Waals surface area contributed by atoms with Crippen molar-refractivity contribution in [3.05, 3.63) is 0 Å². The van der Waals surface area contributed by atoms with E-state index in [0.29, 0.717) is 13.0 Å². The Bertz CT molecular complexity index is 177. The molecule has 0 heterocycles. The number of carbonyl (C=O) groups is 1. The molecule has 16 heavy (non-hydrogen) atoms. The first-order chi connectivity index (χ1) is 7.66. The van der Waals surface area contributed by atoms with Gasteiger partial charge in [-0.3, -0.25) is 0 Å². The molecule has 0 spiro atoms. The maximum absolute atomic E-state index is 11.0. The molecule has 0 aliphatic carbocycles. The molecule has 0 saturated carbocycles. The summed E-state index contributed by atoms with van der Waals surface area (Å²) >= 11 is 6.07. The Morgan fingerprint density at radius 2 is 1.62 bits per heavy atom. The molecule has 0 aliphatic rings. The van der Waals surface area contributed by atoms with Crippen molar-refractivity contribution in [2.45, 2.75) is 56.9 Å². The van der Waals surface area contributed by atoms with Gasteiger partial charge in [0.25, 0.3) is 0 Å². The number of rotatable bonds is 10. The summed E-state index contributed by atoms with van der Waals surface area (Å²) in [5.74, 6) is -0.0436. The predicted molar refractivity (Wildman–Crippen MR) is 71.6 cm³/mol. The van der Waals surface area contributed by atoms with Crippen molar-refractivity contribution in [2.75, 3.05) is 6.61 Å². The van der Waals surface area contributed by atoms with Crippen LogP contribution >= 0.6 is 27.2 Å². The van der Waals surface area contributed by atoms with Gasteiger partial charge < -0.3 is 0 Å². The molecular formula is C11H21Br2O2Zn.